The van der Waals surface area contributed by atoms with E-state index in [1.165, 1.54) is 11.1 Å². The number of carbonyl (C=O) groups is 1. The van der Waals surface area contributed by atoms with Crippen LogP contribution in [0.4, 0.5) is 0 Å². The van der Waals surface area contributed by atoms with Crippen molar-refractivity contribution >= 4 is 5.97 Å². The minimum atomic E-state index is -0.186. The molecule has 0 amide bonds. The largest absolute Gasteiger partial charge is 0.462 e. The zero-order valence-corrected chi connectivity index (χ0v) is 11.4. The van der Waals surface area contributed by atoms with Gasteiger partial charge in [-0.2, -0.15) is 0 Å². The van der Waals surface area contributed by atoms with E-state index in [-0.39, 0.29) is 5.97 Å². The molecule has 1 unspecified atom stereocenters. The number of benzene rings is 1. The van der Waals surface area contributed by atoms with Gasteiger partial charge in [0, 0.05) is 6.04 Å². The molecule has 1 atom stereocenters. The Kier molecular flexibility index (Phi) is 4.02. The molecule has 98 valence electrons. The third-order valence-corrected chi connectivity index (χ3v) is 3.69. The van der Waals surface area contributed by atoms with Gasteiger partial charge in [-0.1, -0.05) is 12.1 Å². The summed E-state index contributed by atoms with van der Waals surface area (Å²) in [6.45, 7) is 2.27. The predicted octanol–water partition coefficient (Wildman–Crippen LogP) is 2.28. The highest BCUT2D eigenvalue weighted by atomic mass is 16.5. The molecule has 0 heterocycles. The Bertz CT molecular complexity index is 440. The van der Waals surface area contributed by atoms with Gasteiger partial charge in [0.15, 0.2) is 0 Å². The molecule has 1 aromatic carbocycles. The maximum atomic E-state index is 12.0. The van der Waals surface area contributed by atoms with E-state index in [4.69, 9.17) is 4.74 Å². The molecule has 0 fully saturated rings. The standard InChI is InChI=1S/C15H21NO2/c1-4-18-15(17)13-7-5-6-11-8-9-12(16(2)3)10-14(11)13/h5-7,12H,4,8-10H2,1-3H3. The molecule has 1 aromatic rings. The molecule has 0 radical (unpaired) electrons. The van der Waals surface area contributed by atoms with Crippen LogP contribution in [-0.2, 0) is 17.6 Å². The molecule has 0 saturated carbocycles. The van der Waals surface area contributed by atoms with Crippen molar-refractivity contribution in [2.75, 3.05) is 20.7 Å². The number of aryl methyl sites for hydroxylation is 1. The molecule has 1 aliphatic carbocycles. The van der Waals surface area contributed by atoms with Gasteiger partial charge in [-0.15, -0.1) is 0 Å². The van der Waals surface area contributed by atoms with Crippen molar-refractivity contribution in [2.45, 2.75) is 32.2 Å². The molecule has 2 rings (SSSR count). The van der Waals surface area contributed by atoms with Crippen molar-refractivity contribution in [1.29, 1.82) is 0 Å². The number of esters is 1. The first kappa shape index (κ1) is 13.1. The lowest BCUT2D eigenvalue weighted by molar-refractivity contribution is 0.0524. The number of hydrogen-bond donors (Lipinski definition) is 0. The van der Waals surface area contributed by atoms with E-state index in [1.807, 2.05) is 19.1 Å². The van der Waals surface area contributed by atoms with E-state index in [0.717, 1.165) is 24.8 Å². The van der Waals surface area contributed by atoms with Crippen LogP contribution in [0.2, 0.25) is 0 Å². The Morgan fingerprint density at radius 2 is 2.22 bits per heavy atom. The Hall–Kier alpha value is -1.35. The normalized spacial score (nSPS) is 18.6. The van der Waals surface area contributed by atoms with Gasteiger partial charge in [0.1, 0.15) is 0 Å². The first-order chi connectivity index (χ1) is 8.63. The van der Waals surface area contributed by atoms with Gasteiger partial charge in [0.2, 0.25) is 0 Å². The molecular formula is C15H21NO2. The minimum absolute atomic E-state index is 0.186. The first-order valence-corrected chi connectivity index (χ1v) is 6.57. The summed E-state index contributed by atoms with van der Waals surface area (Å²) in [5, 5.41) is 0. The number of rotatable bonds is 3. The Morgan fingerprint density at radius 3 is 2.89 bits per heavy atom. The summed E-state index contributed by atoms with van der Waals surface area (Å²) in [5.74, 6) is -0.186. The first-order valence-electron chi connectivity index (χ1n) is 6.57. The summed E-state index contributed by atoms with van der Waals surface area (Å²) in [6.07, 6.45) is 3.15. The SMILES string of the molecule is CCOC(=O)c1cccc2c1CC(N(C)C)CC2. The summed E-state index contributed by atoms with van der Waals surface area (Å²) in [4.78, 5) is 14.2. The van der Waals surface area contributed by atoms with Crippen LogP contribution < -0.4 is 0 Å². The Labute approximate surface area is 109 Å². The zero-order chi connectivity index (χ0) is 13.1. The minimum Gasteiger partial charge on any atom is -0.462 e. The highest BCUT2D eigenvalue weighted by molar-refractivity contribution is 5.91. The van der Waals surface area contributed by atoms with Crippen LogP contribution in [0.25, 0.3) is 0 Å². The molecule has 0 bridgehead atoms. The third kappa shape index (κ3) is 2.56. The molecule has 1 aliphatic rings. The van der Waals surface area contributed by atoms with Gasteiger partial charge in [0.05, 0.1) is 12.2 Å². The number of ether oxygens (including phenoxy) is 1. The fourth-order valence-electron chi connectivity index (χ4n) is 2.61. The summed E-state index contributed by atoms with van der Waals surface area (Å²) in [5.41, 5.74) is 3.24. The fraction of sp³-hybridized carbons (Fsp3) is 0.533. The third-order valence-electron chi connectivity index (χ3n) is 3.69. The van der Waals surface area contributed by atoms with Crippen LogP contribution in [0, 0.1) is 0 Å². The summed E-state index contributed by atoms with van der Waals surface area (Å²) in [6, 6.07) is 6.49. The van der Waals surface area contributed by atoms with Crippen molar-refractivity contribution in [3.8, 4) is 0 Å². The number of likely N-dealkylation sites (N-methyl/N-ethyl adjacent to an activating group) is 1. The van der Waals surface area contributed by atoms with Gasteiger partial charge >= 0.3 is 5.97 Å². The highest BCUT2D eigenvalue weighted by Crippen LogP contribution is 2.27. The van der Waals surface area contributed by atoms with E-state index in [1.54, 1.807) is 0 Å². The molecule has 0 aromatic heterocycles. The van der Waals surface area contributed by atoms with Gasteiger partial charge in [-0.25, -0.2) is 4.79 Å². The van der Waals surface area contributed by atoms with Crippen LogP contribution in [0.5, 0.6) is 0 Å². The molecule has 0 spiro atoms. The predicted molar refractivity (Wildman–Crippen MR) is 71.9 cm³/mol. The van der Waals surface area contributed by atoms with Crippen LogP contribution in [-0.4, -0.2) is 37.6 Å². The van der Waals surface area contributed by atoms with Crippen molar-refractivity contribution in [3.63, 3.8) is 0 Å². The number of nitrogens with zero attached hydrogens (tertiary/aromatic N) is 1. The smallest absolute Gasteiger partial charge is 0.338 e. The second-order valence-corrected chi connectivity index (χ2v) is 5.02. The van der Waals surface area contributed by atoms with Crippen LogP contribution in [0.3, 0.4) is 0 Å². The lowest BCUT2D eigenvalue weighted by atomic mass is 9.85. The summed E-state index contributed by atoms with van der Waals surface area (Å²) >= 11 is 0. The van der Waals surface area contributed by atoms with Gasteiger partial charge < -0.3 is 9.64 Å². The Balaban J connectivity index is 2.31. The van der Waals surface area contributed by atoms with E-state index in [0.29, 0.717) is 12.6 Å². The van der Waals surface area contributed by atoms with Crippen molar-refractivity contribution in [2.24, 2.45) is 0 Å². The van der Waals surface area contributed by atoms with E-state index < -0.39 is 0 Å². The molecule has 3 nitrogen and oxygen atoms in total. The van der Waals surface area contributed by atoms with Gasteiger partial charge in [-0.05, 0) is 57.5 Å². The summed E-state index contributed by atoms with van der Waals surface area (Å²) in [7, 11) is 4.20. The fourth-order valence-corrected chi connectivity index (χ4v) is 2.61. The highest BCUT2D eigenvalue weighted by Gasteiger charge is 2.24. The van der Waals surface area contributed by atoms with Crippen LogP contribution in [0.15, 0.2) is 18.2 Å². The second kappa shape index (κ2) is 5.53. The van der Waals surface area contributed by atoms with Crippen LogP contribution >= 0.6 is 0 Å². The molecule has 18 heavy (non-hydrogen) atoms. The number of carbonyl (C=O) groups excluding carboxylic acids is 1. The molecule has 0 aliphatic heterocycles. The second-order valence-electron chi connectivity index (χ2n) is 5.02. The van der Waals surface area contributed by atoms with Crippen molar-refractivity contribution in [3.05, 3.63) is 34.9 Å². The maximum Gasteiger partial charge on any atom is 0.338 e. The van der Waals surface area contributed by atoms with E-state index >= 15 is 0 Å². The molecule has 3 heteroatoms. The monoisotopic (exact) mass is 247 g/mol. The van der Waals surface area contributed by atoms with Crippen LogP contribution in [0.1, 0.15) is 34.8 Å². The Morgan fingerprint density at radius 1 is 1.44 bits per heavy atom. The average Bonchev–Trinajstić information content (AvgIpc) is 2.37. The number of hydrogen-bond acceptors (Lipinski definition) is 3. The molecular weight excluding hydrogens is 226 g/mol. The molecule has 0 saturated heterocycles. The average molecular weight is 247 g/mol. The summed E-state index contributed by atoms with van der Waals surface area (Å²) < 4.78 is 5.14. The lowest BCUT2D eigenvalue weighted by Crippen LogP contribution is -2.34. The maximum absolute atomic E-state index is 12.0. The quantitative estimate of drug-likeness (QED) is 0.767. The lowest BCUT2D eigenvalue weighted by Gasteiger charge is -2.30. The van der Waals surface area contributed by atoms with Gasteiger partial charge in [0.25, 0.3) is 0 Å². The van der Waals surface area contributed by atoms with Crippen molar-refractivity contribution in [1.82, 2.24) is 4.90 Å². The topological polar surface area (TPSA) is 29.5 Å². The van der Waals surface area contributed by atoms with Crippen molar-refractivity contribution < 1.29 is 9.53 Å². The zero-order valence-electron chi connectivity index (χ0n) is 11.4. The number of fused-ring (bicyclic) bond motifs is 1. The molecule has 0 N–H and O–H groups in total. The van der Waals surface area contributed by atoms with E-state index in [9.17, 15) is 4.79 Å². The van der Waals surface area contributed by atoms with Gasteiger partial charge in [-0.3, -0.25) is 0 Å². The van der Waals surface area contributed by atoms with E-state index in [2.05, 4.69) is 25.1 Å².